The molecule has 0 bridgehead atoms. The van der Waals surface area contributed by atoms with Crippen molar-refractivity contribution in [1.29, 1.82) is 0 Å². The topological polar surface area (TPSA) is 59.8 Å². The van der Waals surface area contributed by atoms with Gasteiger partial charge in [-0.05, 0) is 55.2 Å². The minimum absolute atomic E-state index is 0.0527. The van der Waals surface area contributed by atoms with Crippen molar-refractivity contribution in [2.45, 2.75) is 25.8 Å². The lowest BCUT2D eigenvalue weighted by Gasteiger charge is -2.14. The van der Waals surface area contributed by atoms with E-state index < -0.39 is 0 Å². The molecule has 0 radical (unpaired) electrons. The molecule has 1 amide bonds. The zero-order chi connectivity index (χ0) is 17.4. The quantitative estimate of drug-likeness (QED) is 0.801. The fourth-order valence-electron chi connectivity index (χ4n) is 3.46. The van der Waals surface area contributed by atoms with Crippen LogP contribution in [-0.2, 0) is 13.5 Å². The number of aromatic nitrogens is 3. The Bertz CT molecular complexity index is 944. The van der Waals surface area contributed by atoms with Crippen molar-refractivity contribution in [2.24, 2.45) is 7.05 Å². The molecule has 1 N–H and O–H groups in total. The van der Waals surface area contributed by atoms with Crippen LogP contribution in [0.25, 0.3) is 11.3 Å². The van der Waals surface area contributed by atoms with Gasteiger partial charge >= 0.3 is 0 Å². The number of hydrogen-bond donors (Lipinski definition) is 1. The smallest absolute Gasteiger partial charge is 0.270 e. The van der Waals surface area contributed by atoms with Crippen molar-refractivity contribution in [1.82, 2.24) is 20.1 Å². The molecule has 0 saturated heterocycles. The Kier molecular flexibility index (Phi) is 3.84. The molecular formula is C20H20N4O. The van der Waals surface area contributed by atoms with Crippen molar-refractivity contribution in [3.63, 3.8) is 0 Å². The van der Waals surface area contributed by atoms with Gasteiger partial charge in [0.15, 0.2) is 0 Å². The van der Waals surface area contributed by atoms with E-state index in [1.807, 2.05) is 25.1 Å². The molecule has 4 rings (SSSR count). The predicted octanol–water partition coefficient (Wildman–Crippen LogP) is 3.21. The van der Waals surface area contributed by atoms with Crippen LogP contribution in [0.4, 0.5) is 0 Å². The first-order valence-electron chi connectivity index (χ1n) is 8.47. The van der Waals surface area contributed by atoms with Crippen LogP contribution in [0, 0.1) is 6.92 Å². The molecule has 2 aromatic heterocycles. The van der Waals surface area contributed by atoms with Crippen molar-refractivity contribution in [3.8, 4) is 11.3 Å². The molecule has 1 aromatic carbocycles. The second-order valence-electron chi connectivity index (χ2n) is 6.48. The lowest BCUT2D eigenvalue weighted by Crippen LogP contribution is -2.28. The largest absolute Gasteiger partial charge is 0.344 e. The van der Waals surface area contributed by atoms with Gasteiger partial charge in [-0.3, -0.25) is 14.5 Å². The van der Waals surface area contributed by atoms with Crippen molar-refractivity contribution >= 4 is 5.91 Å². The Labute approximate surface area is 146 Å². The SMILES string of the molecule is Cc1cccc(-c2ccc3c(c2)CCC3NC(=O)c2ccnn2C)n1. The van der Waals surface area contributed by atoms with Gasteiger partial charge in [0.1, 0.15) is 5.69 Å². The number of fused-ring (bicyclic) bond motifs is 1. The molecule has 0 saturated carbocycles. The van der Waals surface area contributed by atoms with Crippen molar-refractivity contribution in [2.75, 3.05) is 0 Å². The van der Waals surface area contributed by atoms with Crippen LogP contribution < -0.4 is 5.32 Å². The van der Waals surface area contributed by atoms with E-state index in [1.54, 1.807) is 24.0 Å². The summed E-state index contributed by atoms with van der Waals surface area (Å²) in [5, 5.41) is 7.19. The Morgan fingerprint density at radius 1 is 1.24 bits per heavy atom. The number of hydrogen-bond acceptors (Lipinski definition) is 3. The average Bonchev–Trinajstić information content (AvgIpc) is 3.21. The molecule has 1 unspecified atom stereocenters. The van der Waals surface area contributed by atoms with E-state index >= 15 is 0 Å². The van der Waals surface area contributed by atoms with Crippen molar-refractivity contribution in [3.05, 3.63) is 71.2 Å². The minimum atomic E-state index is -0.0812. The fraction of sp³-hybridized carbons (Fsp3) is 0.250. The van der Waals surface area contributed by atoms with Crippen molar-refractivity contribution < 1.29 is 4.79 Å². The van der Waals surface area contributed by atoms with Crippen LogP contribution in [0.2, 0.25) is 0 Å². The number of pyridine rings is 1. The van der Waals surface area contributed by atoms with Gasteiger partial charge in [-0.2, -0.15) is 5.10 Å². The Morgan fingerprint density at radius 2 is 2.12 bits per heavy atom. The van der Waals surface area contributed by atoms with E-state index in [0.29, 0.717) is 5.69 Å². The van der Waals surface area contributed by atoms with E-state index in [2.05, 4.69) is 33.6 Å². The summed E-state index contributed by atoms with van der Waals surface area (Å²) >= 11 is 0. The number of benzene rings is 1. The van der Waals surface area contributed by atoms with E-state index in [0.717, 1.165) is 29.8 Å². The molecule has 5 nitrogen and oxygen atoms in total. The maximum atomic E-state index is 12.4. The number of carbonyl (C=O) groups is 1. The summed E-state index contributed by atoms with van der Waals surface area (Å²) in [6.45, 7) is 2.00. The Hall–Kier alpha value is -2.95. The van der Waals surface area contributed by atoms with Crippen LogP contribution in [0.15, 0.2) is 48.7 Å². The van der Waals surface area contributed by atoms with Crippen LogP contribution in [0.5, 0.6) is 0 Å². The molecule has 3 aromatic rings. The van der Waals surface area contributed by atoms with Crippen LogP contribution in [-0.4, -0.2) is 20.7 Å². The molecule has 1 aliphatic rings. The average molecular weight is 332 g/mol. The zero-order valence-corrected chi connectivity index (χ0v) is 14.4. The van der Waals surface area contributed by atoms with Gasteiger partial charge in [-0.1, -0.05) is 18.2 Å². The molecule has 5 heteroatoms. The number of nitrogens with zero attached hydrogens (tertiary/aromatic N) is 3. The second-order valence-corrected chi connectivity index (χ2v) is 6.48. The third-order valence-corrected chi connectivity index (χ3v) is 4.76. The summed E-state index contributed by atoms with van der Waals surface area (Å²) in [5.41, 5.74) is 6.20. The first-order valence-corrected chi connectivity index (χ1v) is 8.47. The highest BCUT2D eigenvalue weighted by molar-refractivity contribution is 5.92. The fourth-order valence-corrected chi connectivity index (χ4v) is 3.46. The Morgan fingerprint density at radius 3 is 2.88 bits per heavy atom. The highest BCUT2D eigenvalue weighted by Crippen LogP contribution is 2.34. The number of carbonyl (C=O) groups excluding carboxylic acids is 1. The van der Waals surface area contributed by atoms with E-state index in [9.17, 15) is 4.79 Å². The number of nitrogens with one attached hydrogen (secondary N) is 1. The van der Waals surface area contributed by atoms with E-state index in [1.165, 1.54) is 11.1 Å². The van der Waals surface area contributed by atoms with Crippen LogP contribution in [0.3, 0.4) is 0 Å². The summed E-state index contributed by atoms with van der Waals surface area (Å²) < 4.78 is 1.59. The molecular weight excluding hydrogens is 312 g/mol. The molecule has 0 aliphatic heterocycles. The van der Waals surface area contributed by atoms with E-state index in [-0.39, 0.29) is 11.9 Å². The van der Waals surface area contributed by atoms with Crippen LogP contribution in [0.1, 0.15) is 39.8 Å². The van der Waals surface area contributed by atoms with Crippen LogP contribution >= 0.6 is 0 Å². The van der Waals surface area contributed by atoms with Gasteiger partial charge in [0, 0.05) is 24.5 Å². The molecule has 1 atom stereocenters. The molecule has 25 heavy (non-hydrogen) atoms. The van der Waals surface area contributed by atoms with Gasteiger partial charge in [0.2, 0.25) is 0 Å². The summed E-state index contributed by atoms with van der Waals surface area (Å²) in [6.07, 6.45) is 3.52. The van der Waals surface area contributed by atoms with Gasteiger partial charge in [-0.25, -0.2) is 0 Å². The summed E-state index contributed by atoms with van der Waals surface area (Å²) in [4.78, 5) is 17.0. The highest BCUT2D eigenvalue weighted by atomic mass is 16.2. The summed E-state index contributed by atoms with van der Waals surface area (Å²) in [6, 6.07) is 14.3. The standard InChI is InChI=1S/C20H20N4O/c1-13-4-3-5-17(22-13)15-6-8-16-14(12-15)7-9-18(16)23-20(25)19-10-11-21-24(19)2/h3-6,8,10-12,18H,7,9H2,1-2H3,(H,23,25). The monoisotopic (exact) mass is 332 g/mol. The normalized spacial score (nSPS) is 15.8. The molecule has 0 spiro atoms. The maximum absolute atomic E-state index is 12.4. The molecule has 126 valence electrons. The zero-order valence-electron chi connectivity index (χ0n) is 14.4. The number of amides is 1. The number of aryl methyl sites for hydroxylation is 3. The second kappa shape index (κ2) is 6.16. The maximum Gasteiger partial charge on any atom is 0.270 e. The van der Waals surface area contributed by atoms with Gasteiger partial charge < -0.3 is 5.32 Å². The highest BCUT2D eigenvalue weighted by Gasteiger charge is 2.25. The first-order chi connectivity index (χ1) is 12.1. The third kappa shape index (κ3) is 2.93. The lowest BCUT2D eigenvalue weighted by atomic mass is 10.0. The minimum Gasteiger partial charge on any atom is -0.344 e. The van der Waals surface area contributed by atoms with Gasteiger partial charge in [-0.15, -0.1) is 0 Å². The predicted molar refractivity (Wildman–Crippen MR) is 96.1 cm³/mol. The third-order valence-electron chi connectivity index (χ3n) is 4.76. The lowest BCUT2D eigenvalue weighted by molar-refractivity contribution is 0.0927. The molecule has 2 heterocycles. The first kappa shape index (κ1) is 15.6. The molecule has 1 aliphatic carbocycles. The van der Waals surface area contributed by atoms with Gasteiger partial charge in [0.05, 0.1) is 11.7 Å². The van der Waals surface area contributed by atoms with E-state index in [4.69, 9.17) is 0 Å². The number of rotatable bonds is 3. The van der Waals surface area contributed by atoms with Gasteiger partial charge in [0.25, 0.3) is 5.91 Å². The molecule has 0 fully saturated rings. The Balaban J connectivity index is 1.57. The summed E-state index contributed by atoms with van der Waals surface area (Å²) in [7, 11) is 1.78. The summed E-state index contributed by atoms with van der Waals surface area (Å²) in [5.74, 6) is -0.0812.